The minimum absolute atomic E-state index is 0.149. The van der Waals surface area contributed by atoms with Crippen molar-refractivity contribution >= 4 is 11.9 Å². The fourth-order valence-electron chi connectivity index (χ4n) is 1.59. The lowest BCUT2D eigenvalue weighted by molar-refractivity contribution is -0.117. The topological polar surface area (TPSA) is 94.0 Å². The Bertz CT molecular complexity index is 398. The molecule has 0 saturated heterocycles. The largest absolute Gasteiger partial charge is 0.408 e. The molecule has 3 N–H and O–H groups in total. The maximum atomic E-state index is 11.7. The predicted octanol–water partition coefficient (Wildman–Crippen LogP) is 1.26. The van der Waals surface area contributed by atoms with E-state index < -0.39 is 6.04 Å². The van der Waals surface area contributed by atoms with Crippen LogP contribution < -0.4 is 11.1 Å². The molecule has 1 saturated carbocycles. The lowest BCUT2D eigenvalue weighted by Crippen LogP contribution is -2.36. The van der Waals surface area contributed by atoms with Gasteiger partial charge < -0.3 is 10.2 Å². The number of carbonyl (C=O) groups excluding carboxylic acids is 1. The van der Waals surface area contributed by atoms with Crippen LogP contribution in [0.2, 0.25) is 0 Å². The molecule has 1 heterocycles. The van der Waals surface area contributed by atoms with Crippen LogP contribution in [0.3, 0.4) is 0 Å². The van der Waals surface area contributed by atoms with Gasteiger partial charge in [-0.2, -0.15) is 0 Å². The SMILES string of the molecule is CC(C)C[C@H](N)C(=O)Nc1nnc(C2CC2)o1. The number of rotatable bonds is 5. The summed E-state index contributed by atoms with van der Waals surface area (Å²) in [7, 11) is 0. The summed E-state index contributed by atoms with van der Waals surface area (Å²) in [5, 5.41) is 10.2. The second-order valence-corrected chi connectivity index (χ2v) is 4.95. The quantitative estimate of drug-likeness (QED) is 0.805. The molecule has 17 heavy (non-hydrogen) atoms. The van der Waals surface area contributed by atoms with Crippen molar-refractivity contribution in [3.63, 3.8) is 0 Å². The summed E-state index contributed by atoms with van der Waals surface area (Å²) in [6.45, 7) is 4.04. The Morgan fingerprint density at radius 3 is 2.82 bits per heavy atom. The van der Waals surface area contributed by atoms with Gasteiger partial charge in [-0.3, -0.25) is 10.1 Å². The molecule has 2 rings (SSSR count). The molecule has 94 valence electrons. The fourth-order valence-corrected chi connectivity index (χ4v) is 1.59. The van der Waals surface area contributed by atoms with Gasteiger partial charge in [0.05, 0.1) is 6.04 Å². The standard InChI is InChI=1S/C11H18N4O2/c1-6(2)5-8(12)9(16)13-11-15-14-10(17-11)7-3-4-7/h6-8H,3-5,12H2,1-2H3,(H,13,15,16)/t8-/m0/s1. The van der Waals surface area contributed by atoms with E-state index in [-0.39, 0.29) is 11.9 Å². The molecule has 1 aliphatic carbocycles. The van der Waals surface area contributed by atoms with Crippen molar-refractivity contribution in [2.45, 2.75) is 45.1 Å². The number of aromatic nitrogens is 2. The molecular formula is C11H18N4O2. The van der Waals surface area contributed by atoms with Gasteiger partial charge in [-0.1, -0.05) is 18.9 Å². The van der Waals surface area contributed by atoms with Gasteiger partial charge in [0.1, 0.15) is 0 Å². The van der Waals surface area contributed by atoms with E-state index in [1.165, 1.54) is 0 Å². The lowest BCUT2D eigenvalue weighted by atomic mass is 10.0. The van der Waals surface area contributed by atoms with Crippen LogP contribution in [0.5, 0.6) is 0 Å². The Balaban J connectivity index is 1.88. The summed E-state index contributed by atoms with van der Waals surface area (Å²) in [5.74, 6) is 1.10. The predicted molar refractivity (Wildman–Crippen MR) is 62.3 cm³/mol. The van der Waals surface area contributed by atoms with Crippen molar-refractivity contribution < 1.29 is 9.21 Å². The zero-order chi connectivity index (χ0) is 12.4. The van der Waals surface area contributed by atoms with Crippen molar-refractivity contribution in [3.05, 3.63) is 5.89 Å². The van der Waals surface area contributed by atoms with Crippen LogP contribution >= 0.6 is 0 Å². The number of nitrogens with one attached hydrogen (secondary N) is 1. The van der Waals surface area contributed by atoms with E-state index in [1.54, 1.807) is 0 Å². The van der Waals surface area contributed by atoms with Crippen LogP contribution in [-0.4, -0.2) is 22.1 Å². The molecule has 1 aromatic heterocycles. The Morgan fingerprint density at radius 2 is 2.24 bits per heavy atom. The van der Waals surface area contributed by atoms with E-state index in [4.69, 9.17) is 10.2 Å². The summed E-state index contributed by atoms with van der Waals surface area (Å²) in [5.41, 5.74) is 5.74. The molecule has 0 bridgehead atoms. The maximum absolute atomic E-state index is 11.7. The van der Waals surface area contributed by atoms with E-state index in [0.717, 1.165) is 12.8 Å². The molecule has 0 aliphatic heterocycles. The van der Waals surface area contributed by atoms with Crippen molar-refractivity contribution in [2.24, 2.45) is 11.7 Å². The molecule has 6 nitrogen and oxygen atoms in total. The third kappa shape index (κ3) is 3.26. The lowest BCUT2D eigenvalue weighted by Gasteiger charge is -2.11. The van der Waals surface area contributed by atoms with Crippen LogP contribution in [0.1, 0.15) is 44.9 Å². The van der Waals surface area contributed by atoms with Gasteiger partial charge in [-0.25, -0.2) is 0 Å². The monoisotopic (exact) mass is 238 g/mol. The van der Waals surface area contributed by atoms with E-state index >= 15 is 0 Å². The average Bonchev–Trinajstić information content (AvgIpc) is 2.99. The first kappa shape index (κ1) is 12.0. The second kappa shape index (κ2) is 4.83. The Morgan fingerprint density at radius 1 is 1.53 bits per heavy atom. The molecular weight excluding hydrogens is 220 g/mol. The summed E-state index contributed by atoms with van der Waals surface area (Å²) in [6.07, 6.45) is 2.81. The first-order valence-corrected chi connectivity index (χ1v) is 5.96. The van der Waals surface area contributed by atoms with Crippen LogP contribution in [0.15, 0.2) is 4.42 Å². The van der Waals surface area contributed by atoms with Crippen molar-refractivity contribution in [1.29, 1.82) is 0 Å². The summed E-state index contributed by atoms with van der Waals surface area (Å²) in [6, 6.07) is -0.387. The molecule has 1 aromatic rings. The van der Waals surface area contributed by atoms with Gasteiger partial charge in [0.2, 0.25) is 11.8 Å². The van der Waals surface area contributed by atoms with E-state index in [1.807, 2.05) is 13.8 Å². The van der Waals surface area contributed by atoms with Crippen LogP contribution in [0, 0.1) is 5.92 Å². The Kier molecular flexibility index (Phi) is 3.42. The van der Waals surface area contributed by atoms with Crippen molar-refractivity contribution in [3.8, 4) is 0 Å². The van der Waals surface area contributed by atoms with E-state index in [0.29, 0.717) is 24.1 Å². The summed E-state index contributed by atoms with van der Waals surface area (Å²) in [4.78, 5) is 11.7. The number of hydrogen-bond acceptors (Lipinski definition) is 5. The highest BCUT2D eigenvalue weighted by Gasteiger charge is 2.29. The molecule has 1 atom stereocenters. The van der Waals surface area contributed by atoms with Crippen LogP contribution in [-0.2, 0) is 4.79 Å². The average molecular weight is 238 g/mol. The highest BCUT2D eigenvalue weighted by molar-refractivity contribution is 5.92. The zero-order valence-electron chi connectivity index (χ0n) is 10.1. The molecule has 6 heteroatoms. The molecule has 1 amide bonds. The van der Waals surface area contributed by atoms with Gasteiger partial charge >= 0.3 is 6.01 Å². The summed E-state index contributed by atoms with van der Waals surface area (Å²) >= 11 is 0. The fraction of sp³-hybridized carbons (Fsp3) is 0.727. The first-order chi connectivity index (χ1) is 8.06. The Labute approximate surface area is 100.0 Å². The van der Waals surface area contributed by atoms with E-state index in [9.17, 15) is 4.79 Å². The highest BCUT2D eigenvalue weighted by Crippen LogP contribution is 2.39. The number of amides is 1. The zero-order valence-corrected chi connectivity index (χ0v) is 10.1. The third-order valence-corrected chi connectivity index (χ3v) is 2.66. The van der Waals surface area contributed by atoms with Gasteiger partial charge in [-0.05, 0) is 25.2 Å². The third-order valence-electron chi connectivity index (χ3n) is 2.66. The van der Waals surface area contributed by atoms with Gasteiger partial charge in [0.25, 0.3) is 0 Å². The van der Waals surface area contributed by atoms with Crippen molar-refractivity contribution in [2.75, 3.05) is 5.32 Å². The molecule has 0 aromatic carbocycles. The smallest absolute Gasteiger partial charge is 0.322 e. The number of carbonyl (C=O) groups is 1. The maximum Gasteiger partial charge on any atom is 0.322 e. The molecule has 0 spiro atoms. The number of anilines is 1. The second-order valence-electron chi connectivity index (χ2n) is 4.95. The van der Waals surface area contributed by atoms with Gasteiger partial charge in [0.15, 0.2) is 0 Å². The van der Waals surface area contributed by atoms with Crippen LogP contribution in [0.4, 0.5) is 6.01 Å². The van der Waals surface area contributed by atoms with E-state index in [2.05, 4.69) is 15.5 Å². The minimum Gasteiger partial charge on any atom is -0.408 e. The van der Waals surface area contributed by atoms with Gasteiger partial charge in [-0.15, -0.1) is 5.10 Å². The number of nitrogens with zero attached hydrogens (tertiary/aromatic N) is 2. The molecule has 0 unspecified atom stereocenters. The molecule has 1 fully saturated rings. The van der Waals surface area contributed by atoms with Crippen molar-refractivity contribution in [1.82, 2.24) is 10.2 Å². The Hall–Kier alpha value is -1.43. The minimum atomic E-state index is -0.536. The summed E-state index contributed by atoms with van der Waals surface area (Å²) < 4.78 is 5.32. The van der Waals surface area contributed by atoms with Gasteiger partial charge in [0, 0.05) is 5.92 Å². The van der Waals surface area contributed by atoms with Crippen LogP contribution in [0.25, 0.3) is 0 Å². The normalized spacial score (nSPS) is 17.2. The highest BCUT2D eigenvalue weighted by atomic mass is 16.4. The molecule has 1 aliphatic rings. The number of hydrogen-bond donors (Lipinski definition) is 2. The first-order valence-electron chi connectivity index (χ1n) is 5.96. The number of nitrogens with two attached hydrogens (primary N) is 1. The molecule has 0 radical (unpaired) electrons.